The first-order valence-corrected chi connectivity index (χ1v) is 9.59. The van der Waals surface area contributed by atoms with Crippen LogP contribution in [0.25, 0.3) is 16.3 Å². The van der Waals surface area contributed by atoms with Crippen LogP contribution in [0.4, 0.5) is 5.82 Å². The summed E-state index contributed by atoms with van der Waals surface area (Å²) in [6.45, 7) is 0.980. The third-order valence-electron chi connectivity index (χ3n) is 4.02. The highest BCUT2D eigenvalue weighted by Gasteiger charge is 2.23. The molecule has 23 heavy (non-hydrogen) atoms. The van der Waals surface area contributed by atoms with Crippen LogP contribution in [0, 0.1) is 0 Å². The molecule has 0 fully saturated rings. The van der Waals surface area contributed by atoms with Gasteiger partial charge in [0.1, 0.15) is 11.5 Å². The maximum absolute atomic E-state index is 6.14. The molecule has 3 aromatic rings. The van der Waals surface area contributed by atoms with Crippen LogP contribution in [-0.2, 0) is 6.42 Å². The third kappa shape index (κ3) is 2.82. The second-order valence-electron chi connectivity index (χ2n) is 5.53. The first-order valence-electron chi connectivity index (χ1n) is 7.60. The predicted molar refractivity (Wildman–Crippen MR) is 101 cm³/mol. The highest BCUT2D eigenvalue weighted by Crippen LogP contribution is 2.38. The summed E-state index contributed by atoms with van der Waals surface area (Å²) >= 11 is 11.4. The smallest absolute Gasteiger partial charge is 0.133 e. The van der Waals surface area contributed by atoms with Gasteiger partial charge in [-0.1, -0.05) is 23.7 Å². The number of rotatable bonds is 2. The Bertz CT molecular complexity index is 855. The second kappa shape index (κ2) is 6.30. The Kier molecular flexibility index (Phi) is 4.18. The molecule has 118 valence electrons. The number of aromatic nitrogens is 2. The molecule has 0 atom stereocenters. The Morgan fingerprint density at radius 2 is 2.04 bits per heavy atom. The first-order chi connectivity index (χ1) is 11.2. The fraction of sp³-hybridized carbons (Fsp3) is 0.235. The fourth-order valence-electron chi connectivity index (χ4n) is 2.94. The minimum atomic E-state index is 0.797. The minimum absolute atomic E-state index is 0.797. The molecular weight excluding hydrogens is 394 g/mol. The van der Waals surface area contributed by atoms with Crippen LogP contribution in [0.15, 0.2) is 40.9 Å². The maximum Gasteiger partial charge on any atom is 0.133 e. The molecule has 0 bridgehead atoms. The van der Waals surface area contributed by atoms with Crippen LogP contribution < -0.4 is 5.32 Å². The van der Waals surface area contributed by atoms with E-state index < -0.39 is 0 Å². The van der Waals surface area contributed by atoms with E-state index in [1.165, 1.54) is 18.4 Å². The number of nitrogens with zero attached hydrogens (tertiary/aromatic N) is 2. The van der Waals surface area contributed by atoms with Crippen molar-refractivity contribution in [1.82, 2.24) is 9.78 Å². The molecule has 1 N–H and O–H groups in total. The van der Waals surface area contributed by atoms with Crippen LogP contribution in [0.2, 0.25) is 4.34 Å². The molecule has 0 aliphatic carbocycles. The summed E-state index contributed by atoms with van der Waals surface area (Å²) in [5, 5.41) is 8.49. The van der Waals surface area contributed by atoms with E-state index in [2.05, 4.69) is 33.4 Å². The SMILES string of the molecule is Clc1ccc(-c2nn(-c3ccccc3Br)c3c2CCCCN3)s1. The lowest BCUT2D eigenvalue weighted by atomic mass is 10.1. The Morgan fingerprint density at radius 3 is 2.83 bits per heavy atom. The zero-order valence-corrected chi connectivity index (χ0v) is 15.5. The van der Waals surface area contributed by atoms with Gasteiger partial charge in [0, 0.05) is 16.6 Å². The lowest BCUT2D eigenvalue weighted by Crippen LogP contribution is -2.07. The van der Waals surface area contributed by atoms with E-state index in [0.29, 0.717) is 0 Å². The van der Waals surface area contributed by atoms with E-state index in [-0.39, 0.29) is 0 Å². The number of hydrogen-bond donors (Lipinski definition) is 1. The number of thiophene rings is 1. The molecule has 0 amide bonds. The van der Waals surface area contributed by atoms with E-state index in [1.807, 2.05) is 28.9 Å². The van der Waals surface area contributed by atoms with E-state index in [1.54, 1.807) is 11.3 Å². The van der Waals surface area contributed by atoms with Crippen LogP contribution in [0.3, 0.4) is 0 Å². The van der Waals surface area contributed by atoms with Crippen LogP contribution in [-0.4, -0.2) is 16.3 Å². The van der Waals surface area contributed by atoms with Crippen molar-refractivity contribution in [2.24, 2.45) is 0 Å². The highest BCUT2D eigenvalue weighted by atomic mass is 79.9. The lowest BCUT2D eigenvalue weighted by molar-refractivity contribution is 0.780. The van der Waals surface area contributed by atoms with E-state index in [9.17, 15) is 0 Å². The van der Waals surface area contributed by atoms with Gasteiger partial charge in [-0.05, 0) is 59.5 Å². The van der Waals surface area contributed by atoms with Crippen molar-refractivity contribution in [1.29, 1.82) is 0 Å². The van der Waals surface area contributed by atoms with Crippen LogP contribution >= 0.6 is 38.9 Å². The fourth-order valence-corrected chi connectivity index (χ4v) is 4.45. The summed E-state index contributed by atoms with van der Waals surface area (Å²) in [7, 11) is 0. The number of para-hydroxylation sites is 1. The third-order valence-corrected chi connectivity index (χ3v) is 5.93. The molecule has 0 radical (unpaired) electrons. The van der Waals surface area contributed by atoms with Gasteiger partial charge in [0.2, 0.25) is 0 Å². The van der Waals surface area contributed by atoms with E-state index in [0.717, 1.165) is 43.9 Å². The summed E-state index contributed by atoms with van der Waals surface area (Å²) in [6.07, 6.45) is 3.39. The molecule has 1 aliphatic heterocycles. The lowest BCUT2D eigenvalue weighted by Gasteiger charge is -2.10. The summed E-state index contributed by atoms with van der Waals surface area (Å²) in [4.78, 5) is 1.13. The number of anilines is 1. The molecule has 3 nitrogen and oxygen atoms in total. The van der Waals surface area contributed by atoms with Gasteiger partial charge in [-0.3, -0.25) is 0 Å². The normalized spacial score (nSPS) is 14.2. The largest absolute Gasteiger partial charge is 0.370 e. The molecular formula is C17H15BrClN3S. The Morgan fingerprint density at radius 1 is 1.17 bits per heavy atom. The zero-order chi connectivity index (χ0) is 15.8. The van der Waals surface area contributed by atoms with Gasteiger partial charge in [-0.25, -0.2) is 4.68 Å². The van der Waals surface area contributed by atoms with Gasteiger partial charge in [0.25, 0.3) is 0 Å². The molecule has 4 rings (SSSR count). The van der Waals surface area contributed by atoms with Crippen molar-refractivity contribution in [2.45, 2.75) is 19.3 Å². The van der Waals surface area contributed by atoms with Crippen molar-refractivity contribution in [2.75, 3.05) is 11.9 Å². The molecule has 1 aromatic carbocycles. The number of halogens is 2. The summed E-state index contributed by atoms with van der Waals surface area (Å²) in [5.74, 6) is 1.11. The molecule has 0 unspecified atom stereocenters. The average Bonchev–Trinajstić information content (AvgIpc) is 3.03. The molecule has 1 aliphatic rings. The standard InChI is InChI=1S/C17H15BrClN3S/c18-12-6-1-2-7-13(12)22-17-11(5-3-4-10-20-17)16(21-22)14-8-9-15(19)23-14/h1-2,6-9,20H,3-5,10H2. The molecule has 0 saturated carbocycles. The topological polar surface area (TPSA) is 29.9 Å². The minimum Gasteiger partial charge on any atom is -0.370 e. The van der Waals surface area contributed by atoms with Gasteiger partial charge in [0.05, 0.1) is 14.9 Å². The summed E-state index contributed by atoms with van der Waals surface area (Å²) in [5.41, 5.74) is 3.38. The van der Waals surface area contributed by atoms with Crippen LogP contribution in [0.1, 0.15) is 18.4 Å². The molecule has 2 aromatic heterocycles. The van der Waals surface area contributed by atoms with Crippen molar-refractivity contribution in [3.05, 3.63) is 50.8 Å². The zero-order valence-electron chi connectivity index (χ0n) is 12.4. The first kappa shape index (κ1) is 15.2. The Balaban J connectivity index is 1.93. The monoisotopic (exact) mass is 407 g/mol. The number of hydrogen-bond acceptors (Lipinski definition) is 3. The summed E-state index contributed by atoms with van der Waals surface area (Å²) < 4.78 is 3.85. The van der Waals surface area contributed by atoms with Gasteiger partial charge >= 0.3 is 0 Å². The van der Waals surface area contributed by atoms with E-state index >= 15 is 0 Å². The maximum atomic E-state index is 6.14. The Labute approximate surface area is 152 Å². The summed E-state index contributed by atoms with van der Waals surface area (Å²) in [6, 6.07) is 12.2. The molecule has 0 saturated heterocycles. The van der Waals surface area contributed by atoms with Crippen molar-refractivity contribution in [3.8, 4) is 16.3 Å². The highest BCUT2D eigenvalue weighted by molar-refractivity contribution is 9.10. The van der Waals surface area contributed by atoms with Gasteiger partial charge in [-0.2, -0.15) is 5.10 Å². The molecule has 6 heteroatoms. The quantitative estimate of drug-likeness (QED) is 0.584. The number of benzene rings is 1. The van der Waals surface area contributed by atoms with Gasteiger partial charge in [0.15, 0.2) is 0 Å². The van der Waals surface area contributed by atoms with E-state index in [4.69, 9.17) is 16.7 Å². The number of fused-ring (bicyclic) bond motifs is 1. The molecule has 3 heterocycles. The van der Waals surface area contributed by atoms with Gasteiger partial charge < -0.3 is 5.32 Å². The predicted octanol–water partition coefficient (Wildman–Crippen LogP) is 5.76. The van der Waals surface area contributed by atoms with Crippen molar-refractivity contribution >= 4 is 44.7 Å². The molecule has 0 spiro atoms. The number of nitrogens with one attached hydrogen (secondary N) is 1. The van der Waals surface area contributed by atoms with Crippen LogP contribution in [0.5, 0.6) is 0 Å². The van der Waals surface area contributed by atoms with Crippen molar-refractivity contribution < 1.29 is 0 Å². The second-order valence-corrected chi connectivity index (χ2v) is 8.10. The Hall–Kier alpha value is -1.30. The average molecular weight is 409 g/mol. The van der Waals surface area contributed by atoms with Gasteiger partial charge in [-0.15, -0.1) is 11.3 Å². The van der Waals surface area contributed by atoms with Crippen molar-refractivity contribution in [3.63, 3.8) is 0 Å².